The number of esters is 1. The lowest BCUT2D eigenvalue weighted by Gasteiger charge is -2.09. The molecule has 134 valence electrons. The molecule has 6 nitrogen and oxygen atoms in total. The van der Waals surface area contributed by atoms with Gasteiger partial charge in [-0.05, 0) is 25.1 Å². The number of para-hydroxylation sites is 1. The molecule has 0 spiro atoms. The molecular weight excluding hydrogens is 370 g/mol. The van der Waals surface area contributed by atoms with Gasteiger partial charge in [-0.3, -0.25) is 4.79 Å². The number of fused-ring (bicyclic) bond motifs is 1. The van der Waals surface area contributed by atoms with Crippen LogP contribution in [-0.4, -0.2) is 34.7 Å². The number of aryl methyl sites for hydroxylation is 1. The van der Waals surface area contributed by atoms with Crippen molar-refractivity contribution in [3.63, 3.8) is 0 Å². The molecule has 3 rings (SSSR count). The summed E-state index contributed by atoms with van der Waals surface area (Å²) < 4.78 is 4.73. The fourth-order valence-corrected chi connectivity index (χ4v) is 4.23. The summed E-state index contributed by atoms with van der Waals surface area (Å²) in [6.07, 6.45) is 1.85. The predicted molar refractivity (Wildman–Crippen MR) is 104 cm³/mol. The van der Waals surface area contributed by atoms with Gasteiger partial charge in [0.25, 0.3) is 0 Å². The summed E-state index contributed by atoms with van der Waals surface area (Å²) in [5, 5.41) is 4.67. The molecular formula is C18H17N3O3S2. The maximum absolute atomic E-state index is 12.2. The van der Waals surface area contributed by atoms with Gasteiger partial charge in [0.05, 0.1) is 18.4 Å². The highest BCUT2D eigenvalue weighted by Gasteiger charge is 2.14. The van der Waals surface area contributed by atoms with Gasteiger partial charge < -0.3 is 10.1 Å². The molecule has 3 aromatic rings. The second kappa shape index (κ2) is 8.29. The van der Waals surface area contributed by atoms with Gasteiger partial charge in [0, 0.05) is 22.4 Å². The first kappa shape index (κ1) is 18.3. The van der Waals surface area contributed by atoms with Crippen molar-refractivity contribution in [2.45, 2.75) is 18.4 Å². The van der Waals surface area contributed by atoms with Crippen LogP contribution in [-0.2, 0) is 9.53 Å². The van der Waals surface area contributed by atoms with Crippen LogP contribution in [0, 0.1) is 6.92 Å². The number of rotatable bonds is 6. The lowest BCUT2D eigenvalue weighted by atomic mass is 10.2. The molecule has 0 atom stereocenters. The van der Waals surface area contributed by atoms with Crippen molar-refractivity contribution >= 4 is 50.9 Å². The third kappa shape index (κ3) is 4.20. The van der Waals surface area contributed by atoms with E-state index in [-0.39, 0.29) is 5.91 Å². The highest BCUT2D eigenvalue weighted by atomic mass is 32.2. The Labute approximate surface area is 159 Å². The maximum atomic E-state index is 12.2. The van der Waals surface area contributed by atoms with Crippen LogP contribution >= 0.6 is 23.1 Å². The zero-order valence-corrected chi connectivity index (χ0v) is 15.9. The van der Waals surface area contributed by atoms with Gasteiger partial charge in [-0.25, -0.2) is 14.8 Å². The van der Waals surface area contributed by atoms with E-state index in [0.29, 0.717) is 23.4 Å². The van der Waals surface area contributed by atoms with E-state index in [1.807, 2.05) is 6.92 Å². The molecule has 2 aromatic heterocycles. The van der Waals surface area contributed by atoms with Crippen LogP contribution in [0.2, 0.25) is 0 Å². The van der Waals surface area contributed by atoms with Crippen molar-refractivity contribution in [3.05, 3.63) is 47.1 Å². The molecule has 0 radical (unpaired) electrons. The fourth-order valence-electron chi connectivity index (χ4n) is 2.40. The number of nitrogens with zero attached hydrogens (tertiary/aromatic N) is 2. The first-order valence-corrected chi connectivity index (χ1v) is 9.70. The molecule has 26 heavy (non-hydrogen) atoms. The third-order valence-electron chi connectivity index (χ3n) is 3.59. The van der Waals surface area contributed by atoms with Gasteiger partial charge in [0.1, 0.15) is 16.2 Å². The van der Waals surface area contributed by atoms with Crippen LogP contribution in [0.15, 0.2) is 41.7 Å². The quantitative estimate of drug-likeness (QED) is 0.392. The summed E-state index contributed by atoms with van der Waals surface area (Å²) in [7, 11) is 1.31. The van der Waals surface area contributed by atoms with Gasteiger partial charge in [-0.1, -0.05) is 12.1 Å². The minimum Gasteiger partial charge on any atom is -0.465 e. The molecule has 1 aromatic carbocycles. The molecule has 1 N–H and O–H groups in total. The Hall–Kier alpha value is -2.45. The Balaban J connectivity index is 1.60. The van der Waals surface area contributed by atoms with E-state index >= 15 is 0 Å². The second-order valence-electron chi connectivity index (χ2n) is 5.44. The molecule has 0 aliphatic heterocycles. The number of anilines is 1. The van der Waals surface area contributed by atoms with E-state index < -0.39 is 5.97 Å². The Morgan fingerprint density at radius 2 is 2.08 bits per heavy atom. The molecule has 0 saturated heterocycles. The predicted octanol–water partition coefficient (Wildman–Crippen LogP) is 3.91. The molecule has 0 unspecified atom stereocenters. The average molecular weight is 387 g/mol. The minimum absolute atomic E-state index is 0.166. The van der Waals surface area contributed by atoms with E-state index in [1.54, 1.807) is 41.9 Å². The smallest absolute Gasteiger partial charge is 0.339 e. The molecule has 2 heterocycles. The van der Waals surface area contributed by atoms with E-state index in [1.165, 1.54) is 23.7 Å². The lowest BCUT2D eigenvalue weighted by Crippen LogP contribution is -2.15. The Kier molecular flexibility index (Phi) is 5.85. The minimum atomic E-state index is -0.480. The number of amides is 1. The fraction of sp³-hybridized carbons (Fsp3) is 0.222. The molecule has 8 heteroatoms. The summed E-state index contributed by atoms with van der Waals surface area (Å²) in [5.41, 5.74) is 0.787. The van der Waals surface area contributed by atoms with Crippen LogP contribution in [0.3, 0.4) is 0 Å². The van der Waals surface area contributed by atoms with Crippen molar-refractivity contribution in [2.24, 2.45) is 0 Å². The molecule has 1 amide bonds. The molecule has 0 fully saturated rings. The Morgan fingerprint density at radius 1 is 1.27 bits per heavy atom. The highest BCUT2D eigenvalue weighted by Crippen LogP contribution is 2.30. The lowest BCUT2D eigenvalue weighted by molar-refractivity contribution is -0.115. The SMILES string of the molecule is COC(=O)c1ccccc1NC(=O)CCSc1ncnc2sc(C)cc12. The number of aromatic nitrogens is 2. The summed E-state index contributed by atoms with van der Waals surface area (Å²) >= 11 is 3.15. The molecule has 0 aliphatic rings. The van der Waals surface area contributed by atoms with E-state index in [4.69, 9.17) is 4.74 Å². The van der Waals surface area contributed by atoms with Crippen LogP contribution in [0.5, 0.6) is 0 Å². The number of hydrogen-bond donors (Lipinski definition) is 1. The van der Waals surface area contributed by atoms with Crippen LogP contribution in [0.1, 0.15) is 21.7 Å². The normalized spacial score (nSPS) is 10.7. The topological polar surface area (TPSA) is 81.2 Å². The van der Waals surface area contributed by atoms with Crippen LogP contribution in [0.25, 0.3) is 10.2 Å². The summed E-state index contributed by atoms with van der Waals surface area (Å²) in [5.74, 6) is -0.0696. The van der Waals surface area contributed by atoms with Gasteiger partial charge in [0.15, 0.2) is 0 Å². The van der Waals surface area contributed by atoms with Gasteiger partial charge in [-0.15, -0.1) is 23.1 Å². The molecule has 0 aliphatic carbocycles. The van der Waals surface area contributed by atoms with Crippen molar-refractivity contribution in [1.82, 2.24) is 9.97 Å². The van der Waals surface area contributed by atoms with Gasteiger partial charge in [0.2, 0.25) is 5.91 Å². The number of methoxy groups -OCH3 is 1. The standard InChI is InChI=1S/C18H17N3O3S2/c1-11-9-13-16(19-10-20-17(13)26-11)25-8-7-15(22)21-14-6-4-3-5-12(14)18(23)24-2/h3-6,9-10H,7-8H2,1-2H3,(H,21,22). The average Bonchev–Trinajstić information content (AvgIpc) is 3.02. The summed E-state index contributed by atoms with van der Waals surface area (Å²) in [6.45, 7) is 2.03. The van der Waals surface area contributed by atoms with E-state index in [0.717, 1.165) is 15.2 Å². The monoisotopic (exact) mass is 387 g/mol. The number of thioether (sulfide) groups is 1. The first-order valence-electron chi connectivity index (χ1n) is 7.89. The number of thiophene rings is 1. The van der Waals surface area contributed by atoms with Crippen LogP contribution in [0.4, 0.5) is 5.69 Å². The van der Waals surface area contributed by atoms with Crippen molar-refractivity contribution in [3.8, 4) is 0 Å². The number of ether oxygens (including phenoxy) is 1. The third-order valence-corrected chi connectivity index (χ3v) is 5.56. The highest BCUT2D eigenvalue weighted by molar-refractivity contribution is 7.99. The maximum Gasteiger partial charge on any atom is 0.339 e. The molecule has 0 saturated carbocycles. The Bertz CT molecular complexity index is 956. The van der Waals surface area contributed by atoms with Crippen LogP contribution < -0.4 is 5.32 Å². The van der Waals surface area contributed by atoms with Crippen molar-refractivity contribution < 1.29 is 14.3 Å². The van der Waals surface area contributed by atoms with E-state index in [2.05, 4.69) is 21.4 Å². The van der Waals surface area contributed by atoms with Crippen molar-refractivity contribution in [2.75, 3.05) is 18.2 Å². The number of nitrogens with one attached hydrogen (secondary N) is 1. The van der Waals surface area contributed by atoms with E-state index in [9.17, 15) is 9.59 Å². The number of carbonyl (C=O) groups excluding carboxylic acids is 2. The second-order valence-corrected chi connectivity index (χ2v) is 7.76. The van der Waals surface area contributed by atoms with Crippen molar-refractivity contribution in [1.29, 1.82) is 0 Å². The summed E-state index contributed by atoms with van der Waals surface area (Å²) in [4.78, 5) is 34.7. The number of carbonyl (C=O) groups is 2. The van der Waals surface area contributed by atoms with Gasteiger partial charge in [-0.2, -0.15) is 0 Å². The zero-order chi connectivity index (χ0) is 18.5. The first-order chi connectivity index (χ1) is 12.6. The van der Waals surface area contributed by atoms with Gasteiger partial charge >= 0.3 is 5.97 Å². The zero-order valence-electron chi connectivity index (χ0n) is 14.3. The number of hydrogen-bond acceptors (Lipinski definition) is 7. The molecule has 0 bridgehead atoms. The summed E-state index contributed by atoms with van der Waals surface area (Å²) in [6, 6.07) is 8.84. The largest absolute Gasteiger partial charge is 0.465 e. The number of benzene rings is 1. The Morgan fingerprint density at radius 3 is 2.88 bits per heavy atom.